The fraction of sp³-hybridized carbons (Fsp3) is 0.611. The molecule has 0 aliphatic carbocycles. The molecule has 0 unspecified atom stereocenters. The molecule has 0 aliphatic rings. The van der Waals surface area contributed by atoms with E-state index in [2.05, 4.69) is 26.1 Å². The molecule has 1 N–H and O–H groups in total. The Kier molecular flexibility index (Phi) is 8.95. The van der Waals surface area contributed by atoms with Gasteiger partial charge in [0.25, 0.3) is 0 Å². The second-order valence-electron chi connectivity index (χ2n) is 5.70. The predicted octanol–water partition coefficient (Wildman–Crippen LogP) is 3.79. The minimum atomic E-state index is 0.150. The number of rotatable bonds is 11. The molecule has 1 rings (SSSR count). The van der Waals surface area contributed by atoms with Gasteiger partial charge >= 0.3 is 0 Å². The normalized spacial score (nSPS) is 11.0. The number of ketones is 1. The lowest BCUT2D eigenvalue weighted by molar-refractivity contribution is 0.0986. The Labute approximate surface area is 129 Å². The zero-order valence-electron chi connectivity index (χ0n) is 13.7. The molecular weight excluding hydrogens is 262 g/mol. The van der Waals surface area contributed by atoms with Crippen LogP contribution >= 0.6 is 0 Å². The number of carbonyl (C=O) groups is 1. The monoisotopic (exact) mass is 291 g/mol. The van der Waals surface area contributed by atoms with Crippen molar-refractivity contribution in [2.45, 2.75) is 46.0 Å². The largest absolute Gasteiger partial charge is 0.381 e. The van der Waals surface area contributed by atoms with E-state index in [1.54, 1.807) is 0 Å². The summed E-state index contributed by atoms with van der Waals surface area (Å²) in [6.07, 6.45) is 3.24. The van der Waals surface area contributed by atoms with Crippen LogP contribution in [0.5, 0.6) is 0 Å². The molecular formula is C18H29NO2. The summed E-state index contributed by atoms with van der Waals surface area (Å²) in [6, 6.07) is 7.93. The summed E-state index contributed by atoms with van der Waals surface area (Å²) in [6.45, 7) is 9.30. The van der Waals surface area contributed by atoms with Crippen molar-refractivity contribution in [1.82, 2.24) is 5.32 Å². The minimum absolute atomic E-state index is 0.150. The van der Waals surface area contributed by atoms with Gasteiger partial charge in [-0.3, -0.25) is 4.79 Å². The lowest BCUT2D eigenvalue weighted by Gasteiger charge is -2.07. The molecule has 3 heteroatoms. The van der Waals surface area contributed by atoms with Gasteiger partial charge in [0.2, 0.25) is 0 Å². The van der Waals surface area contributed by atoms with Crippen molar-refractivity contribution in [3.8, 4) is 0 Å². The average molecular weight is 291 g/mol. The van der Waals surface area contributed by atoms with Crippen molar-refractivity contribution in [1.29, 1.82) is 0 Å². The standard InChI is InChI=1S/C18H29NO2/c1-4-5-12-21-13-6-11-19-14-18(20)17-9-7-16(8-10-17)15(2)3/h7-10,15,19H,4-6,11-14H2,1-3H3. The summed E-state index contributed by atoms with van der Waals surface area (Å²) in [5.41, 5.74) is 2.05. The van der Waals surface area contributed by atoms with Crippen molar-refractivity contribution in [2.24, 2.45) is 0 Å². The second kappa shape index (κ2) is 10.5. The van der Waals surface area contributed by atoms with Gasteiger partial charge in [0.05, 0.1) is 6.54 Å². The van der Waals surface area contributed by atoms with E-state index in [4.69, 9.17) is 4.74 Å². The van der Waals surface area contributed by atoms with Gasteiger partial charge in [-0.2, -0.15) is 0 Å². The first-order valence-electron chi connectivity index (χ1n) is 8.06. The molecule has 0 saturated heterocycles. The summed E-state index contributed by atoms with van der Waals surface area (Å²) in [5.74, 6) is 0.650. The van der Waals surface area contributed by atoms with Crippen LogP contribution in [0.1, 0.15) is 61.9 Å². The third-order valence-corrected chi connectivity index (χ3v) is 3.47. The quantitative estimate of drug-likeness (QED) is 0.498. The Morgan fingerprint density at radius 1 is 1.14 bits per heavy atom. The van der Waals surface area contributed by atoms with E-state index in [-0.39, 0.29) is 5.78 Å². The van der Waals surface area contributed by atoms with Crippen molar-refractivity contribution < 1.29 is 9.53 Å². The molecule has 0 radical (unpaired) electrons. The molecule has 21 heavy (non-hydrogen) atoms. The zero-order chi connectivity index (χ0) is 15.5. The second-order valence-corrected chi connectivity index (χ2v) is 5.70. The molecule has 0 atom stereocenters. The fourth-order valence-corrected chi connectivity index (χ4v) is 2.01. The number of carbonyl (C=O) groups excluding carboxylic acids is 1. The highest BCUT2D eigenvalue weighted by Crippen LogP contribution is 2.14. The molecule has 0 spiro atoms. The number of hydrogen-bond donors (Lipinski definition) is 1. The van der Waals surface area contributed by atoms with E-state index in [9.17, 15) is 4.79 Å². The molecule has 0 bridgehead atoms. The number of hydrogen-bond acceptors (Lipinski definition) is 3. The highest BCUT2D eigenvalue weighted by atomic mass is 16.5. The van der Waals surface area contributed by atoms with Crippen LogP contribution in [0, 0.1) is 0 Å². The maximum atomic E-state index is 12.0. The maximum Gasteiger partial charge on any atom is 0.176 e. The Hall–Kier alpha value is -1.19. The molecule has 118 valence electrons. The number of Topliss-reactive ketones (excluding diaryl/α,β-unsaturated/α-hetero) is 1. The first kappa shape index (κ1) is 17.9. The number of benzene rings is 1. The van der Waals surface area contributed by atoms with E-state index in [1.165, 1.54) is 12.0 Å². The highest BCUT2D eigenvalue weighted by Gasteiger charge is 2.06. The van der Waals surface area contributed by atoms with Crippen molar-refractivity contribution >= 4 is 5.78 Å². The molecule has 1 aromatic rings. The van der Waals surface area contributed by atoms with Crippen LogP contribution in [0.15, 0.2) is 24.3 Å². The third-order valence-electron chi connectivity index (χ3n) is 3.47. The summed E-state index contributed by atoms with van der Waals surface area (Å²) >= 11 is 0. The van der Waals surface area contributed by atoms with E-state index >= 15 is 0 Å². The van der Waals surface area contributed by atoms with E-state index in [0.29, 0.717) is 12.5 Å². The van der Waals surface area contributed by atoms with Gasteiger partial charge in [0, 0.05) is 18.8 Å². The molecule has 0 saturated carbocycles. The topological polar surface area (TPSA) is 38.3 Å². The predicted molar refractivity (Wildman–Crippen MR) is 88.1 cm³/mol. The Morgan fingerprint density at radius 2 is 1.81 bits per heavy atom. The first-order valence-corrected chi connectivity index (χ1v) is 8.06. The summed E-state index contributed by atoms with van der Waals surface area (Å²) < 4.78 is 5.48. The SMILES string of the molecule is CCCCOCCCNCC(=O)c1ccc(C(C)C)cc1. The van der Waals surface area contributed by atoms with Gasteiger partial charge in [-0.05, 0) is 30.9 Å². The van der Waals surface area contributed by atoms with Crippen LogP contribution < -0.4 is 5.32 Å². The maximum absolute atomic E-state index is 12.0. The Balaban J connectivity index is 2.16. The Bertz CT molecular complexity index is 398. The van der Waals surface area contributed by atoms with Crippen LogP contribution in [0.3, 0.4) is 0 Å². The summed E-state index contributed by atoms with van der Waals surface area (Å²) in [7, 11) is 0. The highest BCUT2D eigenvalue weighted by molar-refractivity contribution is 5.97. The smallest absolute Gasteiger partial charge is 0.176 e. The lowest BCUT2D eigenvalue weighted by atomic mass is 10.0. The molecule has 0 aliphatic heterocycles. The minimum Gasteiger partial charge on any atom is -0.381 e. The Morgan fingerprint density at radius 3 is 2.43 bits per heavy atom. The van der Waals surface area contributed by atoms with Crippen LogP contribution in [0.25, 0.3) is 0 Å². The van der Waals surface area contributed by atoms with E-state index < -0.39 is 0 Å². The number of unbranched alkanes of at least 4 members (excludes halogenated alkanes) is 1. The molecule has 0 aromatic heterocycles. The molecule has 0 heterocycles. The molecule has 0 fully saturated rings. The lowest BCUT2D eigenvalue weighted by Crippen LogP contribution is -2.24. The molecule has 1 aromatic carbocycles. The van der Waals surface area contributed by atoms with Gasteiger partial charge in [0.1, 0.15) is 0 Å². The summed E-state index contributed by atoms with van der Waals surface area (Å²) in [5, 5.41) is 3.18. The zero-order valence-corrected chi connectivity index (χ0v) is 13.7. The van der Waals surface area contributed by atoms with Gasteiger partial charge in [-0.1, -0.05) is 51.5 Å². The van der Waals surface area contributed by atoms with Gasteiger partial charge in [-0.25, -0.2) is 0 Å². The average Bonchev–Trinajstić information content (AvgIpc) is 2.49. The molecule has 3 nitrogen and oxygen atoms in total. The van der Waals surface area contributed by atoms with Crippen LogP contribution in [0.4, 0.5) is 0 Å². The van der Waals surface area contributed by atoms with Gasteiger partial charge in [0.15, 0.2) is 5.78 Å². The number of ether oxygens (including phenoxy) is 1. The summed E-state index contributed by atoms with van der Waals surface area (Å²) in [4.78, 5) is 12.0. The fourth-order valence-electron chi connectivity index (χ4n) is 2.01. The molecule has 0 amide bonds. The van der Waals surface area contributed by atoms with Crippen molar-refractivity contribution in [3.05, 3.63) is 35.4 Å². The van der Waals surface area contributed by atoms with E-state index in [1.807, 2.05) is 24.3 Å². The van der Waals surface area contributed by atoms with Crippen LogP contribution in [0.2, 0.25) is 0 Å². The van der Waals surface area contributed by atoms with Gasteiger partial charge < -0.3 is 10.1 Å². The van der Waals surface area contributed by atoms with Crippen LogP contribution in [-0.4, -0.2) is 32.1 Å². The van der Waals surface area contributed by atoms with Gasteiger partial charge in [-0.15, -0.1) is 0 Å². The van der Waals surface area contributed by atoms with Crippen molar-refractivity contribution in [2.75, 3.05) is 26.3 Å². The first-order chi connectivity index (χ1) is 10.1. The third kappa shape index (κ3) is 7.39. The van der Waals surface area contributed by atoms with Crippen molar-refractivity contribution in [3.63, 3.8) is 0 Å². The van der Waals surface area contributed by atoms with E-state index in [0.717, 1.165) is 38.2 Å². The van der Waals surface area contributed by atoms with Crippen LogP contribution in [-0.2, 0) is 4.74 Å². The number of nitrogens with one attached hydrogen (secondary N) is 1.